The van der Waals surface area contributed by atoms with Crippen LogP contribution in [0.1, 0.15) is 43.1 Å². The lowest BCUT2D eigenvalue weighted by Crippen LogP contribution is -2.40. The molecule has 2 aromatic carbocycles. The summed E-state index contributed by atoms with van der Waals surface area (Å²) in [5, 5.41) is 12.9. The second-order valence-corrected chi connectivity index (χ2v) is 7.89. The molecule has 0 aliphatic carbocycles. The first-order valence-electron chi connectivity index (χ1n) is 9.72. The number of benzene rings is 2. The number of aromatic amines is 1. The Morgan fingerprint density at radius 3 is 2.69 bits per heavy atom. The van der Waals surface area contributed by atoms with Crippen LogP contribution in [0.3, 0.4) is 0 Å². The number of hydrogen-bond acceptors (Lipinski definition) is 4. The second-order valence-electron chi connectivity index (χ2n) is 7.89. The van der Waals surface area contributed by atoms with Crippen LogP contribution >= 0.6 is 0 Å². The largest absolute Gasteiger partial charge is 0.391 e. The number of β-amino-alcohol motifs (C(OH)–C–C–N with tert-alkyl or cyclic N) is 1. The van der Waals surface area contributed by atoms with Crippen LogP contribution in [0.25, 0.3) is 11.0 Å². The van der Waals surface area contributed by atoms with E-state index in [-0.39, 0.29) is 18.4 Å². The number of nitrogens with zero attached hydrogens (tertiary/aromatic N) is 2. The highest BCUT2D eigenvalue weighted by atomic mass is 16.3. The molecule has 3 aromatic rings. The fourth-order valence-electron chi connectivity index (χ4n) is 3.68. The van der Waals surface area contributed by atoms with Gasteiger partial charge in [-0.1, -0.05) is 25.1 Å². The summed E-state index contributed by atoms with van der Waals surface area (Å²) < 4.78 is 0. The molecule has 1 unspecified atom stereocenters. The van der Waals surface area contributed by atoms with Crippen LogP contribution in [0, 0.1) is 0 Å². The lowest BCUT2D eigenvalue weighted by molar-refractivity contribution is -0.122. The van der Waals surface area contributed by atoms with Gasteiger partial charge in [0.2, 0.25) is 11.9 Å². The normalized spacial score (nSPS) is 16.1. The number of amides is 2. The third-order valence-electron chi connectivity index (χ3n) is 5.48. The molecule has 1 aliphatic rings. The summed E-state index contributed by atoms with van der Waals surface area (Å²) in [6.45, 7) is 5.90. The molecular weight excluding hydrogens is 368 g/mol. The smallest absolute Gasteiger partial charge is 0.257 e. The van der Waals surface area contributed by atoms with Gasteiger partial charge in [0.05, 0.1) is 34.8 Å². The van der Waals surface area contributed by atoms with E-state index in [4.69, 9.17) is 0 Å². The van der Waals surface area contributed by atoms with Gasteiger partial charge in [0.25, 0.3) is 5.91 Å². The highest BCUT2D eigenvalue weighted by Gasteiger charge is 2.44. The first-order chi connectivity index (χ1) is 13.8. The van der Waals surface area contributed by atoms with Crippen LogP contribution in [0.4, 0.5) is 11.6 Å². The van der Waals surface area contributed by atoms with Gasteiger partial charge in [-0.15, -0.1) is 0 Å². The Labute approximate surface area is 168 Å². The van der Waals surface area contributed by atoms with Crippen molar-refractivity contribution >= 4 is 34.5 Å². The number of carbonyl (C=O) groups is 2. The highest BCUT2D eigenvalue weighted by Crippen LogP contribution is 2.43. The predicted molar refractivity (Wildman–Crippen MR) is 112 cm³/mol. The van der Waals surface area contributed by atoms with Crippen molar-refractivity contribution in [2.75, 3.05) is 16.8 Å². The first-order valence-corrected chi connectivity index (χ1v) is 9.72. The number of aliphatic hydroxyl groups is 1. The van der Waals surface area contributed by atoms with E-state index >= 15 is 0 Å². The van der Waals surface area contributed by atoms with Gasteiger partial charge in [-0.05, 0) is 50.1 Å². The Balaban J connectivity index is 1.69. The number of hydrogen-bond donors (Lipinski definition) is 3. The van der Waals surface area contributed by atoms with Gasteiger partial charge in [0.15, 0.2) is 0 Å². The Morgan fingerprint density at radius 2 is 2.00 bits per heavy atom. The van der Waals surface area contributed by atoms with E-state index < -0.39 is 11.5 Å². The topological polar surface area (TPSA) is 98.3 Å². The molecule has 29 heavy (non-hydrogen) atoms. The molecule has 4 rings (SSSR count). The van der Waals surface area contributed by atoms with Crippen LogP contribution in [-0.4, -0.2) is 39.5 Å². The molecule has 0 bridgehead atoms. The maximum Gasteiger partial charge on any atom is 0.257 e. The maximum atomic E-state index is 12.9. The average molecular weight is 392 g/mol. The average Bonchev–Trinajstić information content (AvgIpc) is 3.18. The third-order valence-corrected chi connectivity index (χ3v) is 5.48. The minimum Gasteiger partial charge on any atom is -0.391 e. The molecule has 150 valence electrons. The summed E-state index contributed by atoms with van der Waals surface area (Å²) in [6, 6.07) is 12.7. The van der Waals surface area contributed by atoms with Crippen LogP contribution in [0.2, 0.25) is 0 Å². The number of fused-ring (bicyclic) bond motifs is 2. The number of aliphatic hydroxyl groups excluding tert-OH is 1. The molecule has 0 fully saturated rings. The van der Waals surface area contributed by atoms with Crippen LogP contribution in [0.15, 0.2) is 42.5 Å². The Kier molecular flexibility index (Phi) is 4.62. The number of imidazole rings is 1. The molecule has 2 heterocycles. The van der Waals surface area contributed by atoms with E-state index in [1.54, 1.807) is 29.2 Å². The molecule has 3 N–H and O–H groups in total. The Morgan fingerprint density at radius 1 is 1.28 bits per heavy atom. The number of H-pyrrole nitrogens is 1. The van der Waals surface area contributed by atoms with Gasteiger partial charge in [-0.3, -0.25) is 14.9 Å². The quantitative estimate of drug-likeness (QED) is 0.621. The standard InChI is InChI=1S/C22H24N4O3/c1-4-14(27)12-26-18-11-17-16(10-15(18)22(2,3)20(26)29)23-21(24-17)25-19(28)13-8-6-5-7-9-13/h5-11,14,27H,4,12H2,1-3H3,(H2,23,24,25,28). The first kappa shape index (κ1) is 19.1. The summed E-state index contributed by atoms with van der Waals surface area (Å²) in [5.41, 5.74) is 2.87. The van der Waals surface area contributed by atoms with Crippen molar-refractivity contribution in [2.45, 2.75) is 38.7 Å². The molecule has 0 saturated carbocycles. The van der Waals surface area contributed by atoms with Gasteiger partial charge < -0.3 is 15.0 Å². The van der Waals surface area contributed by atoms with Gasteiger partial charge in [-0.25, -0.2) is 4.98 Å². The number of aromatic nitrogens is 2. The van der Waals surface area contributed by atoms with Crippen molar-refractivity contribution in [3.8, 4) is 0 Å². The molecule has 0 saturated heterocycles. The summed E-state index contributed by atoms with van der Waals surface area (Å²) in [4.78, 5) is 34.6. The molecule has 2 amide bonds. The van der Waals surface area contributed by atoms with Crippen molar-refractivity contribution in [2.24, 2.45) is 0 Å². The van der Waals surface area contributed by atoms with Gasteiger partial charge in [0, 0.05) is 5.56 Å². The van der Waals surface area contributed by atoms with E-state index in [9.17, 15) is 14.7 Å². The zero-order valence-electron chi connectivity index (χ0n) is 16.7. The predicted octanol–water partition coefficient (Wildman–Crippen LogP) is 3.21. The second kappa shape index (κ2) is 7.00. The Bertz CT molecular complexity index is 1090. The Hall–Kier alpha value is -3.19. The number of anilines is 2. The summed E-state index contributed by atoms with van der Waals surface area (Å²) in [7, 11) is 0. The SMILES string of the molecule is CCC(O)CN1C(=O)C(C)(C)c2cc3[nH]c(NC(=O)c4ccccc4)nc3cc21. The lowest BCUT2D eigenvalue weighted by Gasteiger charge is -2.22. The number of carbonyl (C=O) groups excluding carboxylic acids is 2. The van der Waals surface area contributed by atoms with E-state index in [2.05, 4.69) is 15.3 Å². The number of nitrogens with one attached hydrogen (secondary N) is 2. The zero-order valence-corrected chi connectivity index (χ0v) is 16.7. The minimum atomic E-state index is -0.699. The monoisotopic (exact) mass is 392 g/mol. The molecule has 1 aliphatic heterocycles. The summed E-state index contributed by atoms with van der Waals surface area (Å²) in [5.74, 6) is 0.0625. The van der Waals surface area contributed by atoms with Crippen LogP contribution in [0.5, 0.6) is 0 Å². The van der Waals surface area contributed by atoms with Crippen molar-refractivity contribution in [1.29, 1.82) is 0 Å². The highest BCUT2D eigenvalue weighted by molar-refractivity contribution is 6.10. The third kappa shape index (κ3) is 3.27. The molecule has 7 nitrogen and oxygen atoms in total. The van der Waals surface area contributed by atoms with Gasteiger partial charge in [0.1, 0.15) is 0 Å². The fraction of sp³-hybridized carbons (Fsp3) is 0.318. The van der Waals surface area contributed by atoms with Crippen molar-refractivity contribution < 1.29 is 14.7 Å². The molecule has 1 aromatic heterocycles. The van der Waals surface area contributed by atoms with E-state index in [0.29, 0.717) is 23.4 Å². The van der Waals surface area contributed by atoms with Crippen molar-refractivity contribution in [1.82, 2.24) is 9.97 Å². The zero-order chi connectivity index (χ0) is 20.8. The summed E-state index contributed by atoms with van der Waals surface area (Å²) >= 11 is 0. The van der Waals surface area contributed by atoms with E-state index in [1.165, 1.54) is 0 Å². The molecule has 7 heteroatoms. The number of rotatable bonds is 5. The van der Waals surface area contributed by atoms with E-state index in [1.807, 2.05) is 39.0 Å². The van der Waals surface area contributed by atoms with Gasteiger partial charge in [-0.2, -0.15) is 0 Å². The summed E-state index contributed by atoms with van der Waals surface area (Å²) in [6.07, 6.45) is -0.0175. The van der Waals surface area contributed by atoms with Crippen LogP contribution < -0.4 is 10.2 Å². The molecule has 0 spiro atoms. The molecule has 0 radical (unpaired) electrons. The molecule has 1 atom stereocenters. The lowest BCUT2D eigenvalue weighted by atomic mass is 9.86. The fourth-order valence-corrected chi connectivity index (χ4v) is 3.68. The van der Waals surface area contributed by atoms with Crippen LogP contribution in [-0.2, 0) is 10.2 Å². The maximum absolute atomic E-state index is 12.9. The van der Waals surface area contributed by atoms with E-state index in [0.717, 1.165) is 16.8 Å². The van der Waals surface area contributed by atoms with Gasteiger partial charge >= 0.3 is 0 Å². The minimum absolute atomic E-state index is 0.0368. The van der Waals surface area contributed by atoms with Crippen molar-refractivity contribution in [3.63, 3.8) is 0 Å². The molecular formula is C22H24N4O3. The van der Waals surface area contributed by atoms with Crippen molar-refractivity contribution in [3.05, 3.63) is 53.6 Å².